The lowest BCUT2D eigenvalue weighted by atomic mass is 9.84. The number of nitrogens with one attached hydrogen (secondary N) is 1. The summed E-state index contributed by atoms with van der Waals surface area (Å²) < 4.78 is 5.55. The first-order valence-electron chi connectivity index (χ1n) is 7.06. The van der Waals surface area contributed by atoms with Gasteiger partial charge in [0.1, 0.15) is 18.3 Å². The Bertz CT molecular complexity index is 479. The number of benzene rings is 1. The first kappa shape index (κ1) is 14.9. The van der Waals surface area contributed by atoms with Crippen LogP contribution in [0.15, 0.2) is 24.3 Å². The van der Waals surface area contributed by atoms with E-state index in [4.69, 9.17) is 9.84 Å². The van der Waals surface area contributed by atoms with Crippen LogP contribution in [0.1, 0.15) is 38.7 Å². The Morgan fingerprint density at radius 1 is 1.45 bits per heavy atom. The minimum atomic E-state index is -0.255. The third-order valence-corrected chi connectivity index (χ3v) is 3.80. The zero-order chi connectivity index (χ0) is 14.8. The van der Waals surface area contributed by atoms with E-state index in [0.29, 0.717) is 13.0 Å². The number of fused-ring (bicyclic) bond motifs is 1. The van der Waals surface area contributed by atoms with Crippen LogP contribution in [0.3, 0.4) is 0 Å². The van der Waals surface area contributed by atoms with Crippen molar-refractivity contribution in [2.24, 2.45) is 5.41 Å². The van der Waals surface area contributed by atoms with Crippen molar-refractivity contribution in [1.82, 2.24) is 5.32 Å². The summed E-state index contributed by atoms with van der Waals surface area (Å²) in [5, 5.41) is 12.2. The van der Waals surface area contributed by atoms with Crippen molar-refractivity contribution in [2.75, 3.05) is 13.2 Å². The SMILES string of the molecule is CC(C)(C)C(CCO)NC(=O)C1COc2ccccc21. The molecule has 1 heterocycles. The number of aliphatic hydroxyl groups is 1. The molecule has 4 nitrogen and oxygen atoms in total. The smallest absolute Gasteiger partial charge is 0.231 e. The molecule has 1 aliphatic heterocycles. The van der Waals surface area contributed by atoms with Crippen LogP contribution in [0.2, 0.25) is 0 Å². The second kappa shape index (κ2) is 5.83. The third kappa shape index (κ3) is 3.12. The van der Waals surface area contributed by atoms with E-state index < -0.39 is 0 Å². The summed E-state index contributed by atoms with van der Waals surface area (Å²) in [4.78, 5) is 12.5. The lowest BCUT2D eigenvalue weighted by Crippen LogP contribution is -2.46. The molecule has 2 unspecified atom stereocenters. The topological polar surface area (TPSA) is 58.6 Å². The van der Waals surface area contributed by atoms with E-state index in [1.165, 1.54) is 0 Å². The summed E-state index contributed by atoms with van der Waals surface area (Å²) in [5.74, 6) is 0.514. The lowest BCUT2D eigenvalue weighted by Gasteiger charge is -2.31. The molecule has 0 spiro atoms. The van der Waals surface area contributed by atoms with Gasteiger partial charge in [-0.25, -0.2) is 0 Å². The number of para-hydroxylation sites is 1. The highest BCUT2D eigenvalue weighted by Crippen LogP contribution is 2.34. The van der Waals surface area contributed by atoms with Gasteiger partial charge in [0, 0.05) is 18.2 Å². The number of hydrogen-bond acceptors (Lipinski definition) is 3. The van der Waals surface area contributed by atoms with E-state index in [1.54, 1.807) is 0 Å². The standard InChI is InChI=1S/C16H23NO3/c1-16(2,3)14(8-9-18)17-15(19)12-10-20-13-7-5-4-6-11(12)13/h4-7,12,14,18H,8-10H2,1-3H3,(H,17,19). The predicted molar refractivity (Wildman–Crippen MR) is 77.8 cm³/mol. The minimum Gasteiger partial charge on any atom is -0.492 e. The molecule has 2 N–H and O–H groups in total. The van der Waals surface area contributed by atoms with Crippen molar-refractivity contribution >= 4 is 5.91 Å². The summed E-state index contributed by atoms with van der Waals surface area (Å²) in [5.41, 5.74) is 0.860. The van der Waals surface area contributed by atoms with E-state index in [9.17, 15) is 4.79 Å². The van der Waals surface area contributed by atoms with E-state index >= 15 is 0 Å². The Balaban J connectivity index is 2.09. The molecule has 0 saturated carbocycles. The summed E-state index contributed by atoms with van der Waals surface area (Å²) >= 11 is 0. The van der Waals surface area contributed by atoms with Crippen molar-refractivity contribution in [2.45, 2.75) is 39.2 Å². The van der Waals surface area contributed by atoms with Crippen molar-refractivity contribution in [3.8, 4) is 5.75 Å². The maximum Gasteiger partial charge on any atom is 0.231 e. The fourth-order valence-corrected chi connectivity index (χ4v) is 2.50. The van der Waals surface area contributed by atoms with E-state index in [-0.39, 0.29) is 29.9 Å². The van der Waals surface area contributed by atoms with Crippen molar-refractivity contribution in [3.05, 3.63) is 29.8 Å². The normalized spacial score (nSPS) is 19.1. The monoisotopic (exact) mass is 277 g/mol. The average molecular weight is 277 g/mol. The van der Waals surface area contributed by atoms with Crippen LogP contribution in [0.4, 0.5) is 0 Å². The third-order valence-electron chi connectivity index (χ3n) is 3.80. The Labute approximate surface area is 120 Å². The van der Waals surface area contributed by atoms with Crippen LogP contribution < -0.4 is 10.1 Å². The highest BCUT2D eigenvalue weighted by atomic mass is 16.5. The number of amides is 1. The molecule has 0 fully saturated rings. The Morgan fingerprint density at radius 3 is 2.80 bits per heavy atom. The Kier molecular flexibility index (Phi) is 4.33. The molecule has 0 saturated heterocycles. The van der Waals surface area contributed by atoms with Gasteiger partial charge in [-0.1, -0.05) is 39.0 Å². The largest absolute Gasteiger partial charge is 0.492 e. The second-order valence-electron chi connectivity index (χ2n) is 6.34. The number of rotatable bonds is 4. The van der Waals surface area contributed by atoms with Crippen molar-refractivity contribution < 1.29 is 14.6 Å². The summed E-state index contributed by atoms with van der Waals surface area (Å²) in [7, 11) is 0. The first-order chi connectivity index (χ1) is 9.43. The van der Waals surface area contributed by atoms with Gasteiger partial charge in [0.15, 0.2) is 0 Å². The molecule has 2 atom stereocenters. The average Bonchev–Trinajstić information content (AvgIpc) is 2.81. The Morgan fingerprint density at radius 2 is 2.15 bits per heavy atom. The zero-order valence-corrected chi connectivity index (χ0v) is 12.3. The number of carbonyl (C=O) groups is 1. The number of hydrogen-bond donors (Lipinski definition) is 2. The molecule has 1 aliphatic rings. The van der Waals surface area contributed by atoms with E-state index in [2.05, 4.69) is 26.1 Å². The molecule has 1 amide bonds. The van der Waals surface area contributed by atoms with Gasteiger partial charge in [-0.2, -0.15) is 0 Å². The molecule has 4 heteroatoms. The van der Waals surface area contributed by atoms with Gasteiger partial charge in [0.05, 0.1) is 0 Å². The highest BCUT2D eigenvalue weighted by Gasteiger charge is 2.33. The van der Waals surface area contributed by atoms with Crippen LogP contribution in [-0.2, 0) is 4.79 Å². The van der Waals surface area contributed by atoms with Crippen LogP contribution in [-0.4, -0.2) is 30.3 Å². The van der Waals surface area contributed by atoms with Crippen molar-refractivity contribution in [3.63, 3.8) is 0 Å². The molecule has 0 aromatic heterocycles. The molecule has 0 radical (unpaired) electrons. The zero-order valence-electron chi connectivity index (χ0n) is 12.3. The van der Waals surface area contributed by atoms with Crippen LogP contribution in [0.25, 0.3) is 0 Å². The molecule has 1 aromatic carbocycles. The maximum atomic E-state index is 12.5. The lowest BCUT2D eigenvalue weighted by molar-refractivity contribution is -0.124. The van der Waals surface area contributed by atoms with Gasteiger partial charge in [-0.3, -0.25) is 4.79 Å². The van der Waals surface area contributed by atoms with Gasteiger partial charge < -0.3 is 15.2 Å². The van der Waals surface area contributed by atoms with Gasteiger partial charge in [-0.15, -0.1) is 0 Å². The molecule has 0 aliphatic carbocycles. The fourth-order valence-electron chi connectivity index (χ4n) is 2.50. The first-order valence-corrected chi connectivity index (χ1v) is 7.06. The van der Waals surface area contributed by atoms with Crippen LogP contribution >= 0.6 is 0 Å². The summed E-state index contributed by atoms with van der Waals surface area (Å²) in [6.07, 6.45) is 0.560. The number of carbonyl (C=O) groups excluding carboxylic acids is 1. The number of ether oxygens (including phenoxy) is 1. The van der Waals surface area contributed by atoms with Gasteiger partial charge in [0.2, 0.25) is 5.91 Å². The summed E-state index contributed by atoms with van der Waals surface area (Å²) in [6.45, 7) is 6.65. The summed E-state index contributed by atoms with van der Waals surface area (Å²) in [6, 6.07) is 7.60. The van der Waals surface area contributed by atoms with E-state index in [0.717, 1.165) is 11.3 Å². The van der Waals surface area contributed by atoms with Crippen molar-refractivity contribution in [1.29, 1.82) is 0 Å². The molecular weight excluding hydrogens is 254 g/mol. The predicted octanol–water partition coefficient (Wildman–Crippen LogP) is 2.08. The minimum absolute atomic E-state index is 0.0247. The number of aliphatic hydroxyl groups excluding tert-OH is 1. The molecule has 1 aromatic rings. The van der Waals surface area contributed by atoms with Crippen LogP contribution in [0.5, 0.6) is 5.75 Å². The van der Waals surface area contributed by atoms with Gasteiger partial charge in [0.25, 0.3) is 0 Å². The second-order valence-corrected chi connectivity index (χ2v) is 6.34. The molecular formula is C16H23NO3. The highest BCUT2D eigenvalue weighted by molar-refractivity contribution is 5.85. The molecule has 2 rings (SSSR count). The van der Waals surface area contributed by atoms with Gasteiger partial charge in [-0.05, 0) is 17.9 Å². The molecule has 0 bridgehead atoms. The Hall–Kier alpha value is -1.55. The quantitative estimate of drug-likeness (QED) is 0.886. The molecule has 110 valence electrons. The fraction of sp³-hybridized carbons (Fsp3) is 0.562. The van der Waals surface area contributed by atoms with Crippen LogP contribution in [0, 0.1) is 5.41 Å². The molecule has 20 heavy (non-hydrogen) atoms. The van der Waals surface area contributed by atoms with Gasteiger partial charge >= 0.3 is 0 Å². The van der Waals surface area contributed by atoms with E-state index in [1.807, 2.05) is 24.3 Å². The maximum absolute atomic E-state index is 12.5.